The molecule has 0 aromatic heterocycles. The molecule has 0 saturated heterocycles. The third kappa shape index (κ3) is 1.45. The molecule has 0 N–H and O–H groups in total. The minimum atomic E-state index is 0.745. The maximum atomic E-state index is 2.37. The van der Waals surface area contributed by atoms with Crippen LogP contribution in [0.4, 0.5) is 0 Å². The lowest BCUT2D eigenvalue weighted by atomic mass is 9.72. The summed E-state index contributed by atoms with van der Waals surface area (Å²) in [6.45, 7) is 7.10. The summed E-state index contributed by atoms with van der Waals surface area (Å²) in [5.41, 5.74) is 0.745. The van der Waals surface area contributed by atoms with Crippen molar-refractivity contribution >= 4 is 0 Å². The lowest BCUT2D eigenvalue weighted by Gasteiger charge is -2.33. The van der Waals surface area contributed by atoms with Gasteiger partial charge in [-0.25, -0.2) is 0 Å². The van der Waals surface area contributed by atoms with Crippen molar-refractivity contribution in [3.63, 3.8) is 0 Å². The maximum absolute atomic E-state index is 2.37. The molecule has 1 atom stereocenters. The van der Waals surface area contributed by atoms with Gasteiger partial charge in [-0.2, -0.15) is 0 Å². The van der Waals surface area contributed by atoms with E-state index in [4.69, 9.17) is 0 Å². The molecule has 1 unspecified atom stereocenters. The van der Waals surface area contributed by atoms with Crippen LogP contribution in [-0.2, 0) is 0 Å². The average Bonchev–Trinajstić information content (AvgIpc) is 2.47. The second kappa shape index (κ2) is 3.60. The molecule has 0 aromatic carbocycles. The molecule has 1 saturated carbocycles. The Hall–Kier alpha value is 0. The van der Waals surface area contributed by atoms with Gasteiger partial charge in [0.1, 0.15) is 0 Å². The van der Waals surface area contributed by atoms with Crippen molar-refractivity contribution in [2.75, 3.05) is 0 Å². The summed E-state index contributed by atoms with van der Waals surface area (Å²) in [7, 11) is 0. The Morgan fingerprint density at radius 3 is 2.18 bits per heavy atom. The first kappa shape index (κ1) is 9.09. The molecule has 0 spiro atoms. The minimum absolute atomic E-state index is 0.745. The van der Waals surface area contributed by atoms with E-state index < -0.39 is 0 Å². The standard InChI is InChI=1S/C11H22/c1-4-10-8-7-9-11(10,5-2)6-3/h10H,4-9H2,1-3H3. The first-order valence-electron chi connectivity index (χ1n) is 5.29. The summed E-state index contributed by atoms with van der Waals surface area (Å²) >= 11 is 0. The molecule has 1 aliphatic rings. The summed E-state index contributed by atoms with van der Waals surface area (Å²) in [6.07, 6.45) is 8.70. The molecule has 0 heteroatoms. The quantitative estimate of drug-likeness (QED) is 0.576. The highest BCUT2D eigenvalue weighted by Crippen LogP contribution is 2.49. The van der Waals surface area contributed by atoms with E-state index in [1.54, 1.807) is 0 Å². The van der Waals surface area contributed by atoms with Crippen LogP contribution >= 0.6 is 0 Å². The zero-order valence-corrected chi connectivity index (χ0v) is 8.32. The van der Waals surface area contributed by atoms with Crippen LogP contribution < -0.4 is 0 Å². The van der Waals surface area contributed by atoms with Gasteiger partial charge in [-0.15, -0.1) is 0 Å². The van der Waals surface area contributed by atoms with E-state index in [1.165, 1.54) is 38.5 Å². The van der Waals surface area contributed by atoms with Gasteiger partial charge in [0, 0.05) is 0 Å². The van der Waals surface area contributed by atoms with Gasteiger partial charge in [-0.3, -0.25) is 0 Å². The van der Waals surface area contributed by atoms with E-state index in [-0.39, 0.29) is 0 Å². The maximum Gasteiger partial charge on any atom is -0.0274 e. The van der Waals surface area contributed by atoms with Gasteiger partial charge >= 0.3 is 0 Å². The molecule has 1 fully saturated rings. The van der Waals surface area contributed by atoms with Crippen LogP contribution in [-0.4, -0.2) is 0 Å². The molecular weight excluding hydrogens is 132 g/mol. The van der Waals surface area contributed by atoms with E-state index >= 15 is 0 Å². The molecular formula is C11H22. The highest BCUT2D eigenvalue weighted by atomic mass is 14.4. The number of hydrogen-bond donors (Lipinski definition) is 0. The van der Waals surface area contributed by atoms with E-state index in [1.807, 2.05) is 0 Å². The second-order valence-electron chi connectivity index (χ2n) is 4.07. The molecule has 0 aliphatic heterocycles. The zero-order chi connectivity index (χ0) is 8.32. The topological polar surface area (TPSA) is 0 Å². The second-order valence-corrected chi connectivity index (χ2v) is 4.07. The van der Waals surface area contributed by atoms with Crippen LogP contribution in [0.1, 0.15) is 59.3 Å². The molecule has 0 nitrogen and oxygen atoms in total. The van der Waals surface area contributed by atoms with E-state index in [0.717, 1.165) is 11.3 Å². The zero-order valence-electron chi connectivity index (χ0n) is 8.32. The van der Waals surface area contributed by atoms with Gasteiger partial charge in [-0.1, -0.05) is 46.5 Å². The molecule has 1 rings (SSSR count). The normalized spacial score (nSPS) is 29.2. The van der Waals surface area contributed by atoms with Crippen molar-refractivity contribution in [1.29, 1.82) is 0 Å². The Kier molecular flexibility index (Phi) is 2.98. The Labute approximate surface area is 71.4 Å². The number of hydrogen-bond acceptors (Lipinski definition) is 0. The van der Waals surface area contributed by atoms with Crippen molar-refractivity contribution in [2.24, 2.45) is 11.3 Å². The first-order chi connectivity index (χ1) is 5.29. The van der Waals surface area contributed by atoms with E-state index in [9.17, 15) is 0 Å². The predicted molar refractivity (Wildman–Crippen MR) is 50.6 cm³/mol. The van der Waals surface area contributed by atoms with Crippen molar-refractivity contribution < 1.29 is 0 Å². The Balaban J connectivity index is 2.63. The van der Waals surface area contributed by atoms with Crippen LogP contribution in [0.2, 0.25) is 0 Å². The van der Waals surface area contributed by atoms with Crippen LogP contribution in [0.3, 0.4) is 0 Å². The molecule has 66 valence electrons. The lowest BCUT2D eigenvalue weighted by Crippen LogP contribution is -2.23. The number of rotatable bonds is 3. The minimum Gasteiger partial charge on any atom is -0.0651 e. The van der Waals surface area contributed by atoms with Crippen molar-refractivity contribution in [3.8, 4) is 0 Å². The molecule has 11 heavy (non-hydrogen) atoms. The first-order valence-corrected chi connectivity index (χ1v) is 5.29. The van der Waals surface area contributed by atoms with E-state index in [2.05, 4.69) is 20.8 Å². The molecule has 0 bridgehead atoms. The summed E-state index contributed by atoms with van der Waals surface area (Å²) in [5.74, 6) is 1.04. The highest BCUT2D eigenvalue weighted by molar-refractivity contribution is 4.89. The smallest absolute Gasteiger partial charge is 0.0274 e. The van der Waals surface area contributed by atoms with Gasteiger partial charge in [0.15, 0.2) is 0 Å². The van der Waals surface area contributed by atoms with Gasteiger partial charge in [0.25, 0.3) is 0 Å². The highest BCUT2D eigenvalue weighted by Gasteiger charge is 2.38. The van der Waals surface area contributed by atoms with Crippen molar-refractivity contribution in [1.82, 2.24) is 0 Å². The van der Waals surface area contributed by atoms with Gasteiger partial charge < -0.3 is 0 Å². The summed E-state index contributed by atoms with van der Waals surface area (Å²) < 4.78 is 0. The summed E-state index contributed by atoms with van der Waals surface area (Å²) in [6, 6.07) is 0. The van der Waals surface area contributed by atoms with Crippen LogP contribution in [0, 0.1) is 11.3 Å². The third-order valence-electron chi connectivity index (χ3n) is 3.99. The van der Waals surface area contributed by atoms with Crippen molar-refractivity contribution in [3.05, 3.63) is 0 Å². The summed E-state index contributed by atoms with van der Waals surface area (Å²) in [5, 5.41) is 0. The van der Waals surface area contributed by atoms with Crippen LogP contribution in [0.15, 0.2) is 0 Å². The van der Waals surface area contributed by atoms with Crippen LogP contribution in [0.5, 0.6) is 0 Å². The lowest BCUT2D eigenvalue weighted by molar-refractivity contribution is 0.176. The van der Waals surface area contributed by atoms with Gasteiger partial charge in [0.2, 0.25) is 0 Å². The molecule has 1 aliphatic carbocycles. The van der Waals surface area contributed by atoms with E-state index in [0.29, 0.717) is 0 Å². The average molecular weight is 154 g/mol. The Bertz CT molecular complexity index is 111. The predicted octanol–water partition coefficient (Wildman–Crippen LogP) is 4.00. The van der Waals surface area contributed by atoms with Crippen molar-refractivity contribution in [2.45, 2.75) is 59.3 Å². The Morgan fingerprint density at radius 2 is 1.82 bits per heavy atom. The molecule has 0 aromatic rings. The van der Waals surface area contributed by atoms with Gasteiger partial charge in [0.05, 0.1) is 0 Å². The summed E-state index contributed by atoms with van der Waals surface area (Å²) in [4.78, 5) is 0. The molecule has 0 heterocycles. The molecule has 0 radical (unpaired) electrons. The monoisotopic (exact) mass is 154 g/mol. The fraction of sp³-hybridized carbons (Fsp3) is 1.00. The Morgan fingerprint density at radius 1 is 1.18 bits per heavy atom. The van der Waals surface area contributed by atoms with Crippen LogP contribution in [0.25, 0.3) is 0 Å². The largest absolute Gasteiger partial charge is 0.0651 e. The molecule has 0 amide bonds. The SMILES string of the molecule is CCC1CCCC1(CC)CC. The third-order valence-corrected chi connectivity index (χ3v) is 3.99. The fourth-order valence-electron chi connectivity index (χ4n) is 3.03. The van der Waals surface area contributed by atoms with Gasteiger partial charge in [-0.05, 0) is 24.2 Å². The fourth-order valence-corrected chi connectivity index (χ4v) is 3.03.